The van der Waals surface area contributed by atoms with Crippen molar-refractivity contribution in [3.63, 3.8) is 0 Å². The molecule has 1 aromatic rings. The first-order valence-electron chi connectivity index (χ1n) is 8.50. The fourth-order valence-electron chi connectivity index (χ4n) is 3.00. The maximum atomic E-state index is 12.7. The van der Waals surface area contributed by atoms with Gasteiger partial charge in [-0.2, -0.15) is 22.0 Å². The van der Waals surface area contributed by atoms with Crippen molar-refractivity contribution in [2.75, 3.05) is 26.2 Å². The summed E-state index contributed by atoms with van der Waals surface area (Å²) < 4.78 is 72.6. The van der Waals surface area contributed by atoms with E-state index in [0.29, 0.717) is 38.1 Å². The molecule has 2 rings (SSSR count). The van der Waals surface area contributed by atoms with Crippen molar-refractivity contribution in [2.24, 2.45) is 0 Å². The fraction of sp³-hybridized carbons (Fsp3) is 0.647. The Hall–Kier alpha value is -1.61. The second kappa shape index (κ2) is 9.36. The Morgan fingerprint density at radius 3 is 2.50 bits per heavy atom. The topological polar surface area (TPSA) is 33.7 Å². The average Bonchev–Trinajstić information content (AvgIpc) is 2.55. The van der Waals surface area contributed by atoms with E-state index in [4.69, 9.17) is 4.74 Å². The van der Waals surface area contributed by atoms with Crippen LogP contribution in [0.1, 0.15) is 25.3 Å². The number of benzene rings is 1. The second-order valence-corrected chi connectivity index (χ2v) is 6.10. The highest BCUT2D eigenvalue weighted by Crippen LogP contribution is 2.33. The smallest absolute Gasteiger partial charge is 0.401 e. The van der Waals surface area contributed by atoms with Crippen LogP contribution in [-0.2, 0) is 6.54 Å². The van der Waals surface area contributed by atoms with Gasteiger partial charge in [0, 0.05) is 18.2 Å². The van der Waals surface area contributed by atoms with Gasteiger partial charge in [0.05, 0.1) is 13.2 Å². The summed E-state index contributed by atoms with van der Waals surface area (Å²) in [7, 11) is 0. The number of nitrogens with zero attached hydrogens (tertiary/aromatic N) is 1. The summed E-state index contributed by atoms with van der Waals surface area (Å²) in [5.41, 5.74) is 0.522. The van der Waals surface area contributed by atoms with E-state index in [9.17, 15) is 22.0 Å². The van der Waals surface area contributed by atoms with Gasteiger partial charge < -0.3 is 14.8 Å². The Bertz CT molecular complexity index is 561. The lowest BCUT2D eigenvalue weighted by Gasteiger charge is -2.33. The largest absolute Gasteiger partial charge is 0.490 e. The summed E-state index contributed by atoms with van der Waals surface area (Å²) in [5.74, 6) is 0.235. The lowest BCUT2D eigenvalue weighted by Crippen LogP contribution is -2.45. The number of hydrogen-bond acceptors (Lipinski definition) is 4. The number of rotatable bonds is 8. The van der Waals surface area contributed by atoms with Gasteiger partial charge in [-0.1, -0.05) is 12.1 Å². The SMILES string of the molecule is CCOc1cccc(CNC2CCN(CC(F)(F)F)CC2)c1OC(F)F. The van der Waals surface area contributed by atoms with E-state index < -0.39 is 19.3 Å². The molecule has 0 atom stereocenters. The summed E-state index contributed by atoms with van der Waals surface area (Å²) >= 11 is 0. The van der Waals surface area contributed by atoms with Gasteiger partial charge in [0.15, 0.2) is 11.5 Å². The van der Waals surface area contributed by atoms with Crippen LogP contribution < -0.4 is 14.8 Å². The van der Waals surface area contributed by atoms with Crippen LogP contribution in [0.25, 0.3) is 0 Å². The van der Waals surface area contributed by atoms with E-state index in [2.05, 4.69) is 10.1 Å². The predicted octanol–water partition coefficient (Wildman–Crippen LogP) is 3.80. The van der Waals surface area contributed by atoms with E-state index >= 15 is 0 Å². The third-order valence-electron chi connectivity index (χ3n) is 4.14. The molecule has 9 heteroatoms. The maximum absolute atomic E-state index is 12.7. The molecule has 26 heavy (non-hydrogen) atoms. The molecular weight excluding hydrogens is 359 g/mol. The molecule has 0 spiro atoms. The van der Waals surface area contributed by atoms with Crippen molar-refractivity contribution in [1.29, 1.82) is 0 Å². The van der Waals surface area contributed by atoms with E-state index in [1.54, 1.807) is 25.1 Å². The third-order valence-corrected chi connectivity index (χ3v) is 4.14. The van der Waals surface area contributed by atoms with E-state index in [1.165, 1.54) is 4.90 Å². The molecule has 0 saturated carbocycles. The zero-order chi connectivity index (χ0) is 19.2. The van der Waals surface area contributed by atoms with E-state index in [1.807, 2.05) is 0 Å². The molecule has 0 bridgehead atoms. The molecule has 1 saturated heterocycles. The lowest BCUT2D eigenvalue weighted by molar-refractivity contribution is -0.148. The molecule has 1 N–H and O–H groups in total. The zero-order valence-corrected chi connectivity index (χ0v) is 14.5. The van der Waals surface area contributed by atoms with Gasteiger partial charge in [-0.3, -0.25) is 4.90 Å². The number of halogens is 5. The Balaban J connectivity index is 1.92. The highest BCUT2D eigenvalue weighted by Gasteiger charge is 2.32. The number of nitrogens with one attached hydrogen (secondary N) is 1. The van der Waals surface area contributed by atoms with Gasteiger partial charge in [0.2, 0.25) is 0 Å². The molecule has 0 unspecified atom stereocenters. The highest BCUT2D eigenvalue weighted by atomic mass is 19.4. The van der Waals surface area contributed by atoms with E-state index in [0.717, 1.165) is 0 Å². The Kier molecular flexibility index (Phi) is 7.45. The summed E-state index contributed by atoms with van der Waals surface area (Å²) in [4.78, 5) is 1.37. The van der Waals surface area contributed by atoms with Gasteiger partial charge in [-0.05, 0) is 38.9 Å². The summed E-state index contributed by atoms with van der Waals surface area (Å²) in [6.07, 6.45) is -3.07. The van der Waals surface area contributed by atoms with Crippen molar-refractivity contribution in [1.82, 2.24) is 10.2 Å². The maximum Gasteiger partial charge on any atom is 0.401 e. The third kappa shape index (κ3) is 6.60. The number of para-hydroxylation sites is 1. The van der Waals surface area contributed by atoms with Crippen molar-refractivity contribution >= 4 is 0 Å². The van der Waals surface area contributed by atoms with Gasteiger partial charge in [0.1, 0.15) is 0 Å². The Morgan fingerprint density at radius 2 is 1.92 bits per heavy atom. The van der Waals surface area contributed by atoms with Crippen LogP contribution >= 0.6 is 0 Å². The Labute approximate surface area is 149 Å². The highest BCUT2D eigenvalue weighted by molar-refractivity contribution is 5.46. The number of hydrogen-bond donors (Lipinski definition) is 1. The second-order valence-electron chi connectivity index (χ2n) is 6.10. The van der Waals surface area contributed by atoms with Crippen LogP contribution in [0.2, 0.25) is 0 Å². The molecule has 0 aliphatic carbocycles. The molecule has 148 valence electrons. The minimum atomic E-state index is -4.19. The van der Waals surface area contributed by atoms with Crippen molar-refractivity contribution in [3.8, 4) is 11.5 Å². The van der Waals surface area contributed by atoms with Crippen LogP contribution in [0.3, 0.4) is 0 Å². The number of likely N-dealkylation sites (tertiary alicyclic amines) is 1. The molecule has 1 heterocycles. The minimum absolute atomic E-state index is 0.00800. The molecule has 4 nitrogen and oxygen atoms in total. The molecule has 1 aliphatic rings. The van der Waals surface area contributed by atoms with Crippen LogP contribution in [0, 0.1) is 0 Å². The quantitative estimate of drug-likeness (QED) is 0.694. The number of alkyl halides is 5. The van der Waals surface area contributed by atoms with Gasteiger partial charge in [-0.25, -0.2) is 0 Å². The lowest BCUT2D eigenvalue weighted by atomic mass is 10.0. The van der Waals surface area contributed by atoms with Crippen molar-refractivity contribution < 1.29 is 31.4 Å². The molecule has 1 fully saturated rings. The van der Waals surface area contributed by atoms with Crippen molar-refractivity contribution in [3.05, 3.63) is 23.8 Å². The van der Waals surface area contributed by atoms with Crippen LogP contribution in [0.5, 0.6) is 11.5 Å². The molecular formula is C17H23F5N2O2. The van der Waals surface area contributed by atoms with Gasteiger partial charge in [-0.15, -0.1) is 0 Å². The first-order chi connectivity index (χ1) is 12.3. The van der Waals surface area contributed by atoms with Crippen LogP contribution in [-0.4, -0.2) is 50.0 Å². The minimum Gasteiger partial charge on any atom is -0.490 e. The molecule has 0 radical (unpaired) electrons. The molecule has 0 aromatic heterocycles. The Morgan fingerprint density at radius 1 is 1.23 bits per heavy atom. The van der Waals surface area contributed by atoms with Gasteiger partial charge >= 0.3 is 12.8 Å². The normalized spacial score (nSPS) is 16.9. The summed E-state index contributed by atoms with van der Waals surface area (Å²) in [5, 5.41) is 3.22. The van der Waals surface area contributed by atoms with Crippen LogP contribution in [0.4, 0.5) is 22.0 Å². The van der Waals surface area contributed by atoms with Gasteiger partial charge in [0.25, 0.3) is 0 Å². The fourth-order valence-corrected chi connectivity index (χ4v) is 3.00. The average molecular weight is 382 g/mol. The molecule has 0 amide bonds. The van der Waals surface area contributed by atoms with Crippen molar-refractivity contribution in [2.45, 2.75) is 45.1 Å². The summed E-state index contributed by atoms with van der Waals surface area (Å²) in [6, 6.07) is 4.92. The standard InChI is InChI=1S/C17H23F5N2O2/c1-2-25-14-5-3-4-12(15(14)26-16(18)19)10-23-13-6-8-24(9-7-13)11-17(20,21)22/h3-5,13,16,23H,2,6-11H2,1H3. The number of ether oxygens (including phenoxy) is 2. The summed E-state index contributed by atoms with van der Waals surface area (Å²) in [6.45, 7) is -0.858. The zero-order valence-electron chi connectivity index (χ0n) is 14.5. The molecule has 1 aliphatic heterocycles. The van der Waals surface area contributed by atoms with Crippen LogP contribution in [0.15, 0.2) is 18.2 Å². The first kappa shape index (κ1) is 20.7. The van der Waals surface area contributed by atoms with E-state index in [-0.39, 0.29) is 24.1 Å². The number of piperidine rings is 1. The predicted molar refractivity (Wildman–Crippen MR) is 86.6 cm³/mol. The first-order valence-corrected chi connectivity index (χ1v) is 8.50. The molecule has 1 aromatic carbocycles. The monoisotopic (exact) mass is 382 g/mol.